The molecular weight excluding hydrogens is 276 g/mol. The lowest BCUT2D eigenvalue weighted by molar-refractivity contribution is 0.471. The van der Waals surface area contributed by atoms with Crippen molar-refractivity contribution < 1.29 is 8.42 Å². The van der Waals surface area contributed by atoms with Gasteiger partial charge in [-0.15, -0.1) is 0 Å². The molecule has 1 saturated heterocycles. The first-order valence-corrected chi connectivity index (χ1v) is 7.93. The SMILES string of the molecule is Cc1cnc([C@@H]2CCN(S(=O)(=O)c3cccnc3)C2)[nH]1. The van der Waals surface area contributed by atoms with Crippen LogP contribution >= 0.6 is 0 Å². The van der Waals surface area contributed by atoms with E-state index in [-0.39, 0.29) is 10.8 Å². The highest BCUT2D eigenvalue weighted by Gasteiger charge is 2.34. The molecule has 1 N–H and O–H groups in total. The van der Waals surface area contributed by atoms with Crippen LogP contribution in [0.25, 0.3) is 0 Å². The molecule has 3 heterocycles. The number of nitrogens with zero attached hydrogens (tertiary/aromatic N) is 3. The van der Waals surface area contributed by atoms with Gasteiger partial charge in [-0.3, -0.25) is 4.98 Å². The number of nitrogens with one attached hydrogen (secondary N) is 1. The molecule has 0 amide bonds. The van der Waals surface area contributed by atoms with Crippen LogP contribution in [0.15, 0.2) is 35.6 Å². The van der Waals surface area contributed by atoms with Gasteiger partial charge in [-0.05, 0) is 25.5 Å². The maximum absolute atomic E-state index is 12.5. The van der Waals surface area contributed by atoms with E-state index in [0.717, 1.165) is 17.9 Å². The minimum atomic E-state index is -3.44. The van der Waals surface area contributed by atoms with Crippen molar-refractivity contribution in [3.8, 4) is 0 Å². The molecule has 1 aliphatic heterocycles. The van der Waals surface area contributed by atoms with Gasteiger partial charge < -0.3 is 4.98 Å². The molecule has 6 nitrogen and oxygen atoms in total. The Morgan fingerprint density at radius 3 is 2.90 bits per heavy atom. The molecule has 3 rings (SSSR count). The number of sulfonamides is 1. The second-order valence-corrected chi connectivity index (χ2v) is 6.93. The first-order valence-electron chi connectivity index (χ1n) is 6.49. The topological polar surface area (TPSA) is 79.0 Å². The minimum Gasteiger partial charge on any atom is -0.346 e. The highest BCUT2D eigenvalue weighted by atomic mass is 32.2. The van der Waals surface area contributed by atoms with E-state index in [0.29, 0.717) is 13.1 Å². The second kappa shape index (κ2) is 4.99. The van der Waals surface area contributed by atoms with Gasteiger partial charge in [-0.1, -0.05) is 0 Å². The fourth-order valence-corrected chi connectivity index (χ4v) is 3.92. The fourth-order valence-electron chi connectivity index (χ4n) is 2.46. The van der Waals surface area contributed by atoms with Gasteiger partial charge in [0, 0.05) is 43.3 Å². The van der Waals surface area contributed by atoms with Crippen LogP contribution in [0.3, 0.4) is 0 Å². The van der Waals surface area contributed by atoms with E-state index in [1.54, 1.807) is 24.5 Å². The van der Waals surface area contributed by atoms with Gasteiger partial charge in [0.25, 0.3) is 0 Å². The smallest absolute Gasteiger partial charge is 0.244 e. The summed E-state index contributed by atoms with van der Waals surface area (Å²) in [5, 5.41) is 0. The molecule has 2 aromatic rings. The Kier molecular flexibility index (Phi) is 3.31. The molecule has 20 heavy (non-hydrogen) atoms. The molecule has 0 saturated carbocycles. The van der Waals surface area contributed by atoms with Crippen LogP contribution in [-0.2, 0) is 10.0 Å². The number of hydrogen-bond donors (Lipinski definition) is 1. The van der Waals surface area contributed by atoms with Gasteiger partial charge in [0.1, 0.15) is 10.7 Å². The number of pyridine rings is 1. The van der Waals surface area contributed by atoms with Crippen LogP contribution in [0.5, 0.6) is 0 Å². The highest BCUT2D eigenvalue weighted by molar-refractivity contribution is 7.89. The first-order chi connectivity index (χ1) is 9.57. The number of aromatic amines is 1. The van der Waals surface area contributed by atoms with E-state index < -0.39 is 10.0 Å². The normalized spacial score (nSPS) is 20.4. The Labute approximate surface area is 117 Å². The van der Waals surface area contributed by atoms with Crippen molar-refractivity contribution in [3.63, 3.8) is 0 Å². The number of imidazole rings is 1. The third-order valence-electron chi connectivity index (χ3n) is 3.53. The third kappa shape index (κ3) is 2.34. The molecule has 0 aromatic carbocycles. The number of aryl methyl sites for hydroxylation is 1. The molecule has 106 valence electrons. The molecule has 0 aliphatic carbocycles. The first kappa shape index (κ1) is 13.3. The number of aromatic nitrogens is 3. The zero-order chi connectivity index (χ0) is 14.2. The maximum atomic E-state index is 12.5. The Morgan fingerprint density at radius 1 is 1.40 bits per heavy atom. The standard InChI is InChI=1S/C13H16N4O2S/c1-10-7-15-13(16-10)11-4-6-17(9-11)20(18,19)12-3-2-5-14-8-12/h2-3,5,7-8,11H,4,6,9H2,1H3,(H,15,16)/t11-/m1/s1. The molecule has 1 fully saturated rings. The zero-order valence-corrected chi connectivity index (χ0v) is 12.0. The number of rotatable bonds is 3. The summed E-state index contributed by atoms with van der Waals surface area (Å²) in [4.78, 5) is 11.6. The lowest BCUT2D eigenvalue weighted by Gasteiger charge is -2.15. The van der Waals surface area contributed by atoms with Crippen LogP contribution in [0.1, 0.15) is 23.9 Å². The predicted molar refractivity (Wildman–Crippen MR) is 73.7 cm³/mol. The van der Waals surface area contributed by atoms with Gasteiger partial charge >= 0.3 is 0 Å². The third-order valence-corrected chi connectivity index (χ3v) is 5.38. The Hall–Kier alpha value is -1.73. The number of H-pyrrole nitrogens is 1. The molecule has 0 bridgehead atoms. The van der Waals surface area contributed by atoms with E-state index in [2.05, 4.69) is 15.0 Å². The maximum Gasteiger partial charge on any atom is 0.244 e. The number of hydrogen-bond acceptors (Lipinski definition) is 4. The molecule has 1 aliphatic rings. The molecular formula is C13H16N4O2S. The van der Waals surface area contributed by atoms with Crippen molar-refractivity contribution in [3.05, 3.63) is 42.2 Å². The van der Waals surface area contributed by atoms with Crippen LogP contribution in [0, 0.1) is 6.92 Å². The average molecular weight is 292 g/mol. The lowest BCUT2D eigenvalue weighted by Crippen LogP contribution is -2.28. The fraction of sp³-hybridized carbons (Fsp3) is 0.385. The van der Waals surface area contributed by atoms with E-state index in [1.165, 1.54) is 10.5 Å². The molecule has 1 atom stereocenters. The van der Waals surface area contributed by atoms with Crippen LogP contribution in [0.2, 0.25) is 0 Å². The van der Waals surface area contributed by atoms with Gasteiger partial charge in [0.2, 0.25) is 10.0 Å². The predicted octanol–water partition coefficient (Wildman–Crippen LogP) is 1.29. The van der Waals surface area contributed by atoms with Crippen LogP contribution in [-0.4, -0.2) is 40.8 Å². The Bertz CT molecular complexity index is 696. The van der Waals surface area contributed by atoms with Gasteiger partial charge in [-0.2, -0.15) is 4.31 Å². The van der Waals surface area contributed by atoms with E-state index in [1.807, 2.05) is 6.92 Å². The monoisotopic (exact) mass is 292 g/mol. The van der Waals surface area contributed by atoms with Crippen molar-refractivity contribution in [2.24, 2.45) is 0 Å². The highest BCUT2D eigenvalue weighted by Crippen LogP contribution is 2.29. The van der Waals surface area contributed by atoms with Crippen LogP contribution in [0.4, 0.5) is 0 Å². The largest absolute Gasteiger partial charge is 0.346 e. The van der Waals surface area contributed by atoms with Crippen molar-refractivity contribution in [2.75, 3.05) is 13.1 Å². The molecule has 2 aromatic heterocycles. The lowest BCUT2D eigenvalue weighted by atomic mass is 10.1. The molecule has 7 heteroatoms. The summed E-state index contributed by atoms with van der Waals surface area (Å²) in [7, 11) is -3.44. The summed E-state index contributed by atoms with van der Waals surface area (Å²) in [6, 6.07) is 3.21. The molecule has 0 spiro atoms. The van der Waals surface area contributed by atoms with E-state index in [4.69, 9.17) is 0 Å². The summed E-state index contributed by atoms with van der Waals surface area (Å²) < 4.78 is 26.5. The molecule has 0 radical (unpaired) electrons. The van der Waals surface area contributed by atoms with Crippen LogP contribution < -0.4 is 0 Å². The summed E-state index contributed by atoms with van der Waals surface area (Å²) in [6.07, 6.45) is 5.51. The minimum absolute atomic E-state index is 0.134. The summed E-state index contributed by atoms with van der Waals surface area (Å²) >= 11 is 0. The summed E-state index contributed by atoms with van der Waals surface area (Å²) in [6.45, 7) is 2.92. The van der Waals surface area contributed by atoms with Crippen molar-refractivity contribution in [1.82, 2.24) is 19.3 Å². The van der Waals surface area contributed by atoms with E-state index >= 15 is 0 Å². The van der Waals surface area contributed by atoms with Crippen molar-refractivity contribution in [1.29, 1.82) is 0 Å². The van der Waals surface area contributed by atoms with Crippen molar-refractivity contribution >= 4 is 10.0 Å². The van der Waals surface area contributed by atoms with Gasteiger partial charge in [0.05, 0.1) is 0 Å². The summed E-state index contributed by atoms with van der Waals surface area (Å²) in [5.74, 6) is 1.00. The van der Waals surface area contributed by atoms with Gasteiger partial charge in [0.15, 0.2) is 0 Å². The quantitative estimate of drug-likeness (QED) is 0.924. The van der Waals surface area contributed by atoms with Gasteiger partial charge in [-0.25, -0.2) is 13.4 Å². The zero-order valence-electron chi connectivity index (χ0n) is 11.2. The Balaban J connectivity index is 1.80. The Morgan fingerprint density at radius 2 is 2.25 bits per heavy atom. The molecule has 0 unspecified atom stereocenters. The van der Waals surface area contributed by atoms with Crippen molar-refractivity contribution in [2.45, 2.75) is 24.2 Å². The second-order valence-electron chi connectivity index (χ2n) is 4.99. The average Bonchev–Trinajstić information content (AvgIpc) is 3.08. The van der Waals surface area contributed by atoms with E-state index in [9.17, 15) is 8.42 Å². The summed E-state index contributed by atoms with van der Waals surface area (Å²) in [5.41, 5.74) is 0.994.